The average Bonchev–Trinajstić information content (AvgIpc) is 3.23. The first kappa shape index (κ1) is 33.3. The molecular weight excluding hydrogens is 501 g/mol. The van der Waals surface area contributed by atoms with Gasteiger partial charge in [-0.3, -0.25) is 0 Å². The van der Waals surface area contributed by atoms with Gasteiger partial charge < -0.3 is 29.3 Å². The van der Waals surface area contributed by atoms with Crippen molar-refractivity contribution in [3.8, 4) is 5.88 Å². The fourth-order valence-electron chi connectivity index (χ4n) is 4.00. The number of aryl methyl sites for hydroxylation is 1. The van der Waals surface area contributed by atoms with Crippen LogP contribution in [0.15, 0.2) is 35.9 Å². The summed E-state index contributed by atoms with van der Waals surface area (Å²) in [5.41, 5.74) is 6.46. The SMILES string of the molecule is C=C.CN.Cc1cnc(CC=O)o1.FC(F)(F)COc1ccc2c(n1)CCN(CC[C@H]1CCCCO1)CC2. The van der Waals surface area contributed by atoms with E-state index >= 15 is 0 Å². The largest absolute Gasteiger partial charge is 0.468 e. The van der Waals surface area contributed by atoms with Gasteiger partial charge in [-0.2, -0.15) is 13.2 Å². The number of aldehydes is 1. The molecule has 0 aromatic carbocycles. The summed E-state index contributed by atoms with van der Waals surface area (Å²) in [5, 5.41) is 0. The minimum atomic E-state index is -4.34. The number of nitrogens with two attached hydrogens (primary N) is 1. The van der Waals surface area contributed by atoms with Gasteiger partial charge >= 0.3 is 6.18 Å². The molecule has 1 saturated heterocycles. The molecule has 38 heavy (non-hydrogen) atoms. The van der Waals surface area contributed by atoms with Crippen LogP contribution in [0.5, 0.6) is 5.88 Å². The number of hydrogen-bond donors (Lipinski definition) is 1. The summed E-state index contributed by atoms with van der Waals surface area (Å²) in [7, 11) is 1.50. The predicted molar refractivity (Wildman–Crippen MR) is 140 cm³/mol. The standard InChI is InChI=1S/C18H25F3N2O2.C6H7NO2.C2H4.CH5N/c19-18(20,21)13-25-17-5-4-14-6-9-23(11-8-16(14)22-17)10-7-15-3-1-2-12-24-15;1-5-4-7-6(9-5)2-3-8;2*1-2/h4-5,15H,1-3,6-13H2;3-4H,2H2,1H3;1-2H2;2H2,1H3/t15-;;;/m1.../s1. The van der Waals surface area contributed by atoms with Crippen LogP contribution < -0.4 is 10.5 Å². The first-order chi connectivity index (χ1) is 18.3. The van der Waals surface area contributed by atoms with Crippen LogP contribution in [0.1, 0.15) is 48.6 Å². The van der Waals surface area contributed by atoms with E-state index in [-0.39, 0.29) is 12.3 Å². The lowest BCUT2D eigenvalue weighted by atomic mass is 10.1. The molecule has 214 valence electrons. The van der Waals surface area contributed by atoms with Crippen LogP contribution in [-0.2, 0) is 28.8 Å². The number of carbonyl (C=O) groups is 1. The number of aromatic nitrogens is 2. The van der Waals surface area contributed by atoms with Crippen LogP contribution in [-0.4, -0.2) is 73.3 Å². The first-order valence-electron chi connectivity index (χ1n) is 12.8. The highest BCUT2D eigenvalue weighted by molar-refractivity contribution is 5.52. The van der Waals surface area contributed by atoms with Crippen molar-refractivity contribution in [1.82, 2.24) is 14.9 Å². The van der Waals surface area contributed by atoms with E-state index in [1.54, 1.807) is 13.1 Å². The highest BCUT2D eigenvalue weighted by Gasteiger charge is 2.29. The van der Waals surface area contributed by atoms with Crippen LogP contribution in [0.2, 0.25) is 0 Å². The zero-order valence-corrected chi connectivity index (χ0v) is 22.5. The van der Waals surface area contributed by atoms with Crippen LogP contribution in [0.4, 0.5) is 13.2 Å². The Balaban J connectivity index is 0.000000464. The lowest BCUT2D eigenvalue weighted by Gasteiger charge is -2.26. The van der Waals surface area contributed by atoms with Gasteiger partial charge in [0.15, 0.2) is 6.61 Å². The van der Waals surface area contributed by atoms with Gasteiger partial charge in [-0.15, -0.1) is 13.2 Å². The molecule has 8 nitrogen and oxygen atoms in total. The van der Waals surface area contributed by atoms with Crippen molar-refractivity contribution in [1.29, 1.82) is 0 Å². The summed E-state index contributed by atoms with van der Waals surface area (Å²) in [6, 6.07) is 3.39. The van der Waals surface area contributed by atoms with E-state index in [1.165, 1.54) is 26.0 Å². The Hall–Kier alpha value is -2.76. The molecule has 4 heterocycles. The van der Waals surface area contributed by atoms with Gasteiger partial charge in [0.05, 0.1) is 18.7 Å². The zero-order chi connectivity index (χ0) is 28.4. The Bertz CT molecular complexity index is 918. The zero-order valence-electron chi connectivity index (χ0n) is 22.5. The third kappa shape index (κ3) is 13.2. The highest BCUT2D eigenvalue weighted by atomic mass is 19.4. The fourth-order valence-corrected chi connectivity index (χ4v) is 4.00. The van der Waals surface area contributed by atoms with Gasteiger partial charge in [-0.25, -0.2) is 9.97 Å². The van der Waals surface area contributed by atoms with E-state index in [9.17, 15) is 18.0 Å². The molecule has 11 heteroatoms. The van der Waals surface area contributed by atoms with Gasteiger partial charge in [-0.1, -0.05) is 6.07 Å². The maximum absolute atomic E-state index is 12.3. The minimum Gasteiger partial charge on any atom is -0.468 e. The molecule has 2 aliphatic rings. The number of ether oxygens (including phenoxy) is 2. The van der Waals surface area contributed by atoms with Crippen LogP contribution >= 0.6 is 0 Å². The number of fused-ring (bicyclic) bond motifs is 1. The molecule has 0 amide bonds. The van der Waals surface area contributed by atoms with E-state index in [0.717, 1.165) is 75.2 Å². The van der Waals surface area contributed by atoms with E-state index in [0.29, 0.717) is 12.0 Å². The van der Waals surface area contributed by atoms with Gasteiger partial charge in [-0.05, 0) is 51.6 Å². The van der Waals surface area contributed by atoms with E-state index in [4.69, 9.17) is 13.9 Å². The number of oxazole rings is 1. The topological polar surface area (TPSA) is 104 Å². The van der Waals surface area contributed by atoms with E-state index in [1.807, 2.05) is 6.07 Å². The average molecular weight is 543 g/mol. The number of alkyl halides is 3. The number of carbonyl (C=O) groups excluding carboxylic acids is 1. The molecule has 1 fully saturated rings. The molecule has 2 aromatic rings. The molecule has 0 unspecified atom stereocenters. The predicted octanol–water partition coefficient (Wildman–Crippen LogP) is 4.48. The van der Waals surface area contributed by atoms with Crippen molar-refractivity contribution in [3.05, 3.63) is 54.4 Å². The minimum absolute atomic E-state index is 0.0557. The lowest BCUT2D eigenvalue weighted by molar-refractivity contribution is -0.154. The van der Waals surface area contributed by atoms with Crippen molar-refractivity contribution in [3.63, 3.8) is 0 Å². The normalized spacial score (nSPS) is 17.2. The molecule has 0 saturated carbocycles. The van der Waals surface area contributed by atoms with E-state index in [2.05, 4.69) is 33.8 Å². The van der Waals surface area contributed by atoms with Crippen molar-refractivity contribution in [2.45, 2.75) is 64.1 Å². The molecule has 1 atom stereocenters. The summed E-state index contributed by atoms with van der Waals surface area (Å²) in [4.78, 5) is 20.4. The Morgan fingerprint density at radius 3 is 2.55 bits per heavy atom. The van der Waals surface area contributed by atoms with Crippen LogP contribution in [0.3, 0.4) is 0 Å². The van der Waals surface area contributed by atoms with Gasteiger partial charge in [0.2, 0.25) is 11.8 Å². The second-order valence-electron chi connectivity index (χ2n) is 8.51. The second kappa shape index (κ2) is 18.5. The van der Waals surface area contributed by atoms with Gasteiger partial charge in [0.25, 0.3) is 0 Å². The van der Waals surface area contributed by atoms with Crippen molar-refractivity contribution in [2.75, 3.05) is 39.9 Å². The summed E-state index contributed by atoms with van der Waals surface area (Å²) < 4.78 is 52.3. The quantitative estimate of drug-likeness (QED) is 0.403. The molecule has 4 rings (SSSR count). The van der Waals surface area contributed by atoms with E-state index < -0.39 is 12.8 Å². The second-order valence-corrected chi connectivity index (χ2v) is 8.51. The van der Waals surface area contributed by atoms with Crippen molar-refractivity contribution < 1.29 is 31.9 Å². The van der Waals surface area contributed by atoms with Gasteiger partial charge in [0.1, 0.15) is 12.0 Å². The smallest absolute Gasteiger partial charge is 0.422 e. The Morgan fingerprint density at radius 1 is 1.21 bits per heavy atom. The highest BCUT2D eigenvalue weighted by Crippen LogP contribution is 2.22. The Labute approximate surface area is 223 Å². The Kier molecular flexibility index (Phi) is 16.2. The molecule has 2 aromatic heterocycles. The summed E-state index contributed by atoms with van der Waals surface area (Å²) >= 11 is 0. The maximum atomic E-state index is 12.3. The summed E-state index contributed by atoms with van der Waals surface area (Å²) in [6.45, 7) is 10.2. The molecule has 2 aliphatic heterocycles. The number of hydrogen-bond acceptors (Lipinski definition) is 8. The Morgan fingerprint density at radius 2 is 1.95 bits per heavy atom. The fraction of sp³-hybridized carbons (Fsp3) is 0.593. The number of halogens is 3. The summed E-state index contributed by atoms with van der Waals surface area (Å²) in [6.07, 6.45) is 4.89. The first-order valence-corrected chi connectivity index (χ1v) is 12.8. The van der Waals surface area contributed by atoms with Crippen LogP contribution in [0.25, 0.3) is 0 Å². The molecule has 0 aliphatic carbocycles. The van der Waals surface area contributed by atoms with Crippen molar-refractivity contribution in [2.24, 2.45) is 5.73 Å². The van der Waals surface area contributed by atoms with Crippen molar-refractivity contribution >= 4 is 6.29 Å². The summed E-state index contributed by atoms with van der Waals surface area (Å²) in [5.74, 6) is 1.29. The molecular formula is C27H41F3N4O4. The maximum Gasteiger partial charge on any atom is 0.422 e. The van der Waals surface area contributed by atoms with Gasteiger partial charge in [0, 0.05) is 44.4 Å². The number of rotatable bonds is 7. The molecule has 0 spiro atoms. The lowest BCUT2D eigenvalue weighted by Crippen LogP contribution is -2.31. The number of nitrogens with zero attached hydrogens (tertiary/aromatic N) is 3. The third-order valence-corrected chi connectivity index (χ3v) is 5.76. The monoisotopic (exact) mass is 542 g/mol. The number of pyridine rings is 1. The molecule has 0 bridgehead atoms. The molecule has 0 radical (unpaired) electrons. The van der Waals surface area contributed by atoms with Crippen LogP contribution in [0, 0.1) is 6.92 Å². The molecule has 2 N–H and O–H groups in total. The third-order valence-electron chi connectivity index (χ3n) is 5.76.